The van der Waals surface area contributed by atoms with Crippen LogP contribution in [0.25, 0.3) is 16.9 Å². The Labute approximate surface area is 171 Å². The Kier molecular flexibility index (Phi) is 4.81. The lowest BCUT2D eigenvalue weighted by atomic mass is 10.1. The van der Waals surface area contributed by atoms with Crippen LogP contribution in [0.5, 0.6) is 0 Å². The molecule has 0 saturated carbocycles. The number of aryl methyl sites for hydroxylation is 4. The number of nitrogens with zero attached hydrogens (tertiary/aromatic N) is 5. The van der Waals surface area contributed by atoms with E-state index in [4.69, 9.17) is 4.74 Å². The summed E-state index contributed by atoms with van der Waals surface area (Å²) in [5.74, 6) is -0.0834. The third kappa shape index (κ3) is 2.94. The number of fused-ring (bicyclic) bond motifs is 3. The van der Waals surface area contributed by atoms with Crippen molar-refractivity contribution in [3.8, 4) is 0 Å². The fourth-order valence-corrected chi connectivity index (χ4v) is 3.80. The van der Waals surface area contributed by atoms with Crippen LogP contribution in [0, 0.1) is 6.92 Å². The van der Waals surface area contributed by atoms with Crippen molar-refractivity contribution < 1.29 is 9.53 Å². The fraction of sp³-hybridized carbons (Fsp3) is 0.333. The van der Waals surface area contributed by atoms with Gasteiger partial charge in [-0.15, -0.1) is 0 Å². The molecule has 4 aromatic rings. The summed E-state index contributed by atoms with van der Waals surface area (Å²) in [6.07, 6.45) is 2.63. The van der Waals surface area contributed by atoms with Gasteiger partial charge in [0.15, 0.2) is 11.2 Å². The zero-order valence-corrected chi connectivity index (χ0v) is 17.3. The van der Waals surface area contributed by atoms with Gasteiger partial charge in [0, 0.05) is 25.5 Å². The van der Waals surface area contributed by atoms with Gasteiger partial charge in [0.1, 0.15) is 6.04 Å². The molecule has 3 heterocycles. The highest BCUT2D eigenvalue weighted by molar-refractivity contribution is 5.77. The van der Waals surface area contributed by atoms with Crippen molar-refractivity contribution in [2.24, 2.45) is 7.05 Å². The summed E-state index contributed by atoms with van der Waals surface area (Å²) in [6, 6.07) is 9.06. The zero-order chi connectivity index (χ0) is 21.6. The van der Waals surface area contributed by atoms with E-state index in [0.29, 0.717) is 12.3 Å². The molecule has 4 rings (SSSR count). The van der Waals surface area contributed by atoms with E-state index in [1.807, 2.05) is 35.9 Å². The zero-order valence-electron chi connectivity index (χ0n) is 17.3. The van der Waals surface area contributed by atoms with Crippen molar-refractivity contribution in [3.05, 3.63) is 68.6 Å². The number of esters is 1. The molecule has 0 amide bonds. The van der Waals surface area contributed by atoms with Crippen molar-refractivity contribution in [1.82, 2.24) is 23.1 Å². The van der Waals surface area contributed by atoms with Crippen LogP contribution in [0.4, 0.5) is 0 Å². The van der Waals surface area contributed by atoms with Crippen LogP contribution >= 0.6 is 0 Å². The largest absolute Gasteiger partial charge is 0.467 e. The summed E-state index contributed by atoms with van der Waals surface area (Å²) in [7, 11) is 2.76. The van der Waals surface area contributed by atoms with Crippen molar-refractivity contribution in [3.63, 3.8) is 0 Å². The van der Waals surface area contributed by atoms with Gasteiger partial charge in [0.25, 0.3) is 5.56 Å². The lowest BCUT2D eigenvalue weighted by molar-refractivity contribution is -0.144. The predicted octanol–water partition coefficient (Wildman–Crippen LogP) is 1.43. The number of imidazole rings is 2. The van der Waals surface area contributed by atoms with E-state index in [1.54, 1.807) is 4.40 Å². The molecule has 0 radical (unpaired) electrons. The molecule has 9 nitrogen and oxygen atoms in total. The maximum atomic E-state index is 13.2. The van der Waals surface area contributed by atoms with Gasteiger partial charge in [-0.1, -0.05) is 30.3 Å². The van der Waals surface area contributed by atoms with Crippen LogP contribution in [0.1, 0.15) is 24.2 Å². The van der Waals surface area contributed by atoms with Crippen LogP contribution in [-0.4, -0.2) is 36.2 Å². The molecule has 1 atom stereocenters. The van der Waals surface area contributed by atoms with Crippen LogP contribution in [-0.2, 0) is 29.5 Å². The molecule has 0 aliphatic carbocycles. The molecular weight excluding hydrogens is 386 g/mol. The van der Waals surface area contributed by atoms with Gasteiger partial charge in [-0.3, -0.25) is 13.8 Å². The number of rotatable bonds is 5. The van der Waals surface area contributed by atoms with Crippen LogP contribution in [0.3, 0.4) is 0 Å². The minimum Gasteiger partial charge on any atom is -0.467 e. The predicted molar refractivity (Wildman–Crippen MR) is 112 cm³/mol. The van der Waals surface area contributed by atoms with Gasteiger partial charge in [-0.05, 0) is 25.8 Å². The average Bonchev–Trinajstić information content (AvgIpc) is 3.25. The van der Waals surface area contributed by atoms with Crippen LogP contribution < -0.4 is 11.2 Å². The molecule has 1 unspecified atom stereocenters. The molecule has 0 aliphatic heterocycles. The number of ether oxygens (including phenoxy) is 1. The van der Waals surface area contributed by atoms with E-state index in [9.17, 15) is 14.4 Å². The average molecular weight is 409 g/mol. The van der Waals surface area contributed by atoms with E-state index in [2.05, 4.69) is 17.1 Å². The molecule has 1 aromatic carbocycles. The Morgan fingerprint density at radius 2 is 1.90 bits per heavy atom. The Balaban J connectivity index is 1.90. The smallest absolute Gasteiger partial charge is 0.333 e. The summed E-state index contributed by atoms with van der Waals surface area (Å²) in [5.41, 5.74) is 1.49. The second-order valence-electron chi connectivity index (χ2n) is 7.33. The molecule has 0 saturated heterocycles. The highest BCUT2D eigenvalue weighted by Gasteiger charge is 2.25. The van der Waals surface area contributed by atoms with Crippen molar-refractivity contribution in [1.29, 1.82) is 0 Å². The first-order chi connectivity index (χ1) is 14.3. The third-order valence-corrected chi connectivity index (χ3v) is 5.49. The number of carbonyl (C=O) groups is 1. The highest BCUT2D eigenvalue weighted by Crippen LogP contribution is 2.17. The van der Waals surface area contributed by atoms with Crippen LogP contribution in [0.2, 0.25) is 0 Å². The highest BCUT2D eigenvalue weighted by atomic mass is 16.5. The molecule has 156 valence electrons. The fourth-order valence-electron chi connectivity index (χ4n) is 3.80. The molecule has 0 fully saturated rings. The van der Waals surface area contributed by atoms with Gasteiger partial charge in [-0.2, -0.15) is 4.98 Å². The van der Waals surface area contributed by atoms with Crippen molar-refractivity contribution >= 4 is 22.9 Å². The maximum absolute atomic E-state index is 13.2. The minimum absolute atomic E-state index is 0.254. The summed E-state index contributed by atoms with van der Waals surface area (Å²) in [5, 5.41) is 0. The van der Waals surface area contributed by atoms with Gasteiger partial charge in [-0.25, -0.2) is 14.2 Å². The first kappa shape index (κ1) is 19.7. The van der Waals surface area contributed by atoms with E-state index < -0.39 is 23.3 Å². The van der Waals surface area contributed by atoms with Gasteiger partial charge < -0.3 is 9.30 Å². The van der Waals surface area contributed by atoms with Crippen molar-refractivity contribution in [2.75, 3.05) is 7.11 Å². The molecule has 0 N–H and O–H groups in total. The number of hydrogen-bond acceptors (Lipinski definition) is 5. The second-order valence-corrected chi connectivity index (χ2v) is 7.33. The molecule has 0 spiro atoms. The normalized spacial score (nSPS) is 12.5. The lowest BCUT2D eigenvalue weighted by Crippen LogP contribution is -2.43. The molecule has 30 heavy (non-hydrogen) atoms. The van der Waals surface area contributed by atoms with E-state index in [1.165, 1.54) is 31.2 Å². The summed E-state index contributed by atoms with van der Waals surface area (Å²) in [4.78, 5) is 42.6. The molecule has 3 aromatic heterocycles. The molecular formula is C21H23N5O4. The van der Waals surface area contributed by atoms with Gasteiger partial charge in [0.2, 0.25) is 5.78 Å². The number of carbonyl (C=O) groups excluding carboxylic acids is 1. The quantitative estimate of drug-likeness (QED) is 0.465. The Morgan fingerprint density at radius 3 is 2.57 bits per heavy atom. The lowest BCUT2D eigenvalue weighted by Gasteiger charge is -2.13. The Morgan fingerprint density at radius 1 is 1.20 bits per heavy atom. The standard InChI is InChI=1S/C21H23N5O4/c1-13-12-25-16-17(22-20(25)24(13)11-10-15-8-6-5-7-9-15)23(3)21(29)26(18(16)27)14(2)19(28)30-4/h5-9,12,14H,10-11H2,1-4H3. The Bertz CT molecular complexity index is 1370. The summed E-state index contributed by atoms with van der Waals surface area (Å²) < 4.78 is 10.6. The van der Waals surface area contributed by atoms with Gasteiger partial charge in [0.05, 0.1) is 7.11 Å². The minimum atomic E-state index is -1.04. The van der Waals surface area contributed by atoms with E-state index in [0.717, 1.165) is 16.7 Å². The number of methoxy groups -OCH3 is 1. The molecule has 0 aliphatic rings. The topological polar surface area (TPSA) is 92.5 Å². The van der Waals surface area contributed by atoms with E-state index >= 15 is 0 Å². The number of benzene rings is 1. The second kappa shape index (κ2) is 7.33. The number of aromatic nitrogens is 5. The van der Waals surface area contributed by atoms with Crippen molar-refractivity contribution in [2.45, 2.75) is 32.9 Å². The number of hydrogen-bond donors (Lipinski definition) is 0. The van der Waals surface area contributed by atoms with Crippen LogP contribution in [0.15, 0.2) is 46.1 Å². The SMILES string of the molecule is COC(=O)C(C)n1c(=O)c2c(nc3n(CCc4ccccc4)c(C)cn23)n(C)c1=O. The van der Waals surface area contributed by atoms with Gasteiger partial charge >= 0.3 is 11.7 Å². The summed E-state index contributed by atoms with van der Waals surface area (Å²) in [6.45, 7) is 4.09. The first-order valence-corrected chi connectivity index (χ1v) is 9.66. The Hall–Kier alpha value is -3.62. The third-order valence-electron chi connectivity index (χ3n) is 5.49. The maximum Gasteiger partial charge on any atom is 0.333 e. The monoisotopic (exact) mass is 409 g/mol. The molecule has 9 heteroatoms. The summed E-state index contributed by atoms with van der Waals surface area (Å²) >= 11 is 0. The molecule has 0 bridgehead atoms. The first-order valence-electron chi connectivity index (χ1n) is 9.66. The van der Waals surface area contributed by atoms with E-state index in [-0.39, 0.29) is 11.2 Å².